The van der Waals surface area contributed by atoms with E-state index < -0.39 is 18.4 Å². The van der Waals surface area contributed by atoms with Gasteiger partial charge in [0.1, 0.15) is 0 Å². The van der Waals surface area contributed by atoms with Gasteiger partial charge in [-0.1, -0.05) is 26.7 Å². The van der Waals surface area contributed by atoms with Gasteiger partial charge in [0.05, 0.1) is 0 Å². The van der Waals surface area contributed by atoms with E-state index in [1.165, 1.54) is 139 Å². The van der Waals surface area contributed by atoms with Gasteiger partial charge in [-0.3, -0.25) is 0 Å². The van der Waals surface area contributed by atoms with Crippen LogP contribution in [-0.2, 0) is 0 Å². The molecule has 47 heavy (non-hydrogen) atoms. The first-order valence-corrected chi connectivity index (χ1v) is 31.0. The minimum atomic E-state index is -2.31. The number of fused-ring (bicyclic) bond motifs is 5. The summed E-state index contributed by atoms with van der Waals surface area (Å²) < 4.78 is 18.5. The molecule has 2 unspecified atom stereocenters. The van der Waals surface area contributed by atoms with Crippen LogP contribution in [0, 0.1) is 18.8 Å². The van der Waals surface area contributed by atoms with Crippen molar-refractivity contribution in [1.82, 2.24) is 0 Å². The van der Waals surface area contributed by atoms with Crippen LogP contribution in [-0.4, -0.2) is 31.6 Å². The summed E-state index contributed by atoms with van der Waals surface area (Å²) in [5.41, 5.74) is 0. The molecule has 0 saturated heterocycles. The van der Waals surface area contributed by atoms with Crippen LogP contribution < -0.4 is 12.4 Å². The monoisotopic (exact) mass is 786 g/mol. The molecule has 0 radical (unpaired) electrons. The van der Waals surface area contributed by atoms with Gasteiger partial charge in [-0.15, -0.1) is 0 Å². The molecule has 0 amide bonds. The quantitative estimate of drug-likeness (QED) is 0.0551. The van der Waals surface area contributed by atoms with Crippen LogP contribution in [0.4, 0.5) is 0 Å². The van der Waals surface area contributed by atoms with Crippen molar-refractivity contribution >= 4 is 74.9 Å². The van der Waals surface area contributed by atoms with E-state index in [9.17, 15) is 0 Å². The number of benzene rings is 2. The molecule has 5 heteroatoms. The molecule has 0 saturated carbocycles. The zero-order chi connectivity index (χ0) is 33.8. The molecule has 2 aromatic carbocycles. The third kappa shape index (κ3) is 11.0. The van der Waals surface area contributed by atoms with Crippen LogP contribution in [0.5, 0.6) is 11.5 Å². The number of thiophene rings is 2. The first-order valence-electron chi connectivity index (χ1n) is 19.4. The first kappa shape index (κ1) is 38.8. The van der Waals surface area contributed by atoms with Crippen LogP contribution in [0.15, 0.2) is 24.3 Å². The summed E-state index contributed by atoms with van der Waals surface area (Å²) in [5.74, 6) is 3.40. The van der Waals surface area contributed by atoms with Crippen molar-refractivity contribution < 1.29 is 9.47 Å². The van der Waals surface area contributed by atoms with Gasteiger partial charge in [0.25, 0.3) is 0 Å². The number of ether oxygens (including phenoxy) is 2. The molecule has 0 fully saturated rings. The SMILES string of the molecule is CCCCCCC(CCCC)COc1cc2c[c]([Sn]([CH3])([CH3])[CH3])sc2c2c(OCC(CCCC)CCCCCC)cc3cc(C)sc3c12. The van der Waals surface area contributed by atoms with Crippen molar-refractivity contribution in [3.8, 4) is 11.5 Å². The van der Waals surface area contributed by atoms with Gasteiger partial charge in [-0.05, 0) is 0 Å². The van der Waals surface area contributed by atoms with Crippen molar-refractivity contribution in [1.29, 1.82) is 0 Å². The molecule has 4 aromatic rings. The number of hydrogen-bond donors (Lipinski definition) is 0. The third-order valence-corrected chi connectivity index (χ3v) is 21.6. The van der Waals surface area contributed by atoms with Crippen LogP contribution in [0.25, 0.3) is 30.9 Å². The zero-order valence-electron chi connectivity index (χ0n) is 31.3. The first-order chi connectivity index (χ1) is 22.7. The Balaban J connectivity index is 1.78. The predicted octanol–water partition coefficient (Wildman–Crippen LogP) is 14.4. The Hall–Kier alpha value is -0.981. The average molecular weight is 786 g/mol. The molecule has 0 bridgehead atoms. The standard InChI is InChI=1S/C39H57O2S2.3CH3.Sn/c1-6-10-14-16-20-30(18-12-8-3)27-40-34-25-32-22-23-42-38(32)36-35(26-33-24-29(5)43-39(33)37(34)36)41-28-31(19-13-9-4)21-17-15-11-7-2;;;;/h22,24-26,30-31H,6-21,27-28H2,1-5H3;3*1H3;. The van der Waals surface area contributed by atoms with Crippen molar-refractivity contribution in [2.24, 2.45) is 11.8 Å². The Morgan fingerprint density at radius 2 is 1.00 bits per heavy atom. The third-order valence-electron chi connectivity index (χ3n) is 9.97. The zero-order valence-corrected chi connectivity index (χ0v) is 35.8. The van der Waals surface area contributed by atoms with Crippen LogP contribution >= 0.6 is 22.7 Å². The van der Waals surface area contributed by atoms with Gasteiger partial charge in [-0.25, -0.2) is 0 Å². The van der Waals surface area contributed by atoms with E-state index >= 15 is 0 Å². The number of aryl methyl sites for hydroxylation is 1. The van der Waals surface area contributed by atoms with Crippen LogP contribution in [0.3, 0.4) is 0 Å². The fraction of sp³-hybridized carbons (Fsp3) is 0.667. The summed E-state index contributed by atoms with van der Waals surface area (Å²) in [6.45, 7) is 13.1. The summed E-state index contributed by atoms with van der Waals surface area (Å²) in [6, 6.07) is 9.66. The van der Waals surface area contributed by atoms with Gasteiger partial charge < -0.3 is 0 Å². The second kappa shape index (κ2) is 19.4. The van der Waals surface area contributed by atoms with Gasteiger partial charge in [0, 0.05) is 0 Å². The maximum atomic E-state index is 7.04. The van der Waals surface area contributed by atoms with E-state index in [0.29, 0.717) is 11.8 Å². The Morgan fingerprint density at radius 3 is 1.47 bits per heavy atom. The number of unbranched alkanes of at least 4 members (excludes halogenated alkanes) is 8. The van der Waals surface area contributed by atoms with Crippen molar-refractivity contribution in [3.05, 3.63) is 29.1 Å². The summed E-state index contributed by atoms with van der Waals surface area (Å²) in [6.07, 6.45) is 20.8. The van der Waals surface area contributed by atoms with Crippen molar-refractivity contribution in [2.75, 3.05) is 13.2 Å². The number of rotatable bonds is 23. The topological polar surface area (TPSA) is 18.5 Å². The second-order valence-electron chi connectivity index (χ2n) is 15.4. The fourth-order valence-corrected chi connectivity index (χ4v) is 14.5. The average Bonchev–Trinajstić information content (AvgIpc) is 3.65. The molecule has 2 atom stereocenters. The molecule has 0 aliphatic carbocycles. The Bertz CT molecular complexity index is 1480. The molecule has 2 aromatic heterocycles. The van der Waals surface area contributed by atoms with E-state index in [1.54, 1.807) is 2.89 Å². The summed E-state index contributed by atoms with van der Waals surface area (Å²) in [7, 11) is 0. The summed E-state index contributed by atoms with van der Waals surface area (Å²) in [4.78, 5) is 9.00. The Morgan fingerprint density at radius 1 is 0.553 bits per heavy atom. The van der Waals surface area contributed by atoms with E-state index in [4.69, 9.17) is 9.47 Å². The van der Waals surface area contributed by atoms with E-state index in [-0.39, 0.29) is 0 Å². The van der Waals surface area contributed by atoms with E-state index in [0.717, 1.165) is 24.7 Å². The van der Waals surface area contributed by atoms with Gasteiger partial charge in [0.15, 0.2) is 0 Å². The van der Waals surface area contributed by atoms with Gasteiger partial charge in [0.2, 0.25) is 0 Å². The Labute approximate surface area is 300 Å². The van der Waals surface area contributed by atoms with Crippen LogP contribution in [0.2, 0.25) is 14.8 Å². The maximum absolute atomic E-state index is 7.04. The molecule has 0 aliphatic rings. The molecule has 0 spiro atoms. The molecular formula is C42H66O2S2Sn. The normalized spacial score (nSPS) is 13.6. The molecule has 2 heterocycles. The van der Waals surface area contributed by atoms with E-state index in [2.05, 4.69) is 85.0 Å². The minimum absolute atomic E-state index is 0.619. The van der Waals surface area contributed by atoms with Gasteiger partial charge >= 0.3 is 276 Å². The van der Waals surface area contributed by atoms with Crippen molar-refractivity contribution in [2.45, 2.75) is 152 Å². The number of hydrogen-bond acceptors (Lipinski definition) is 4. The summed E-state index contributed by atoms with van der Waals surface area (Å²) >= 11 is 1.67. The molecule has 2 nitrogen and oxygen atoms in total. The fourth-order valence-electron chi connectivity index (χ4n) is 7.01. The second-order valence-corrected chi connectivity index (χ2v) is 33.1. The van der Waals surface area contributed by atoms with E-state index in [1.807, 2.05) is 11.3 Å². The van der Waals surface area contributed by atoms with Gasteiger partial charge in [-0.2, -0.15) is 0 Å². The molecule has 0 N–H and O–H groups in total. The molecule has 4 rings (SSSR count). The van der Waals surface area contributed by atoms with Crippen LogP contribution in [0.1, 0.15) is 135 Å². The Kier molecular flexibility index (Phi) is 16.0. The predicted molar refractivity (Wildman–Crippen MR) is 217 cm³/mol. The molecule has 262 valence electrons. The molecular weight excluding hydrogens is 719 g/mol. The molecule has 0 aliphatic heterocycles. The summed E-state index contributed by atoms with van der Waals surface area (Å²) in [5, 5.41) is 5.27. The van der Waals surface area contributed by atoms with Crippen molar-refractivity contribution in [3.63, 3.8) is 0 Å².